The molecule has 1 aliphatic rings. The summed E-state index contributed by atoms with van der Waals surface area (Å²) in [7, 11) is 0. The fourth-order valence-corrected chi connectivity index (χ4v) is 1.74. The minimum absolute atomic E-state index is 0.584. The minimum Gasteiger partial charge on any atom is -0.239 e. The van der Waals surface area contributed by atoms with Crippen LogP contribution in [0.25, 0.3) is 0 Å². The lowest BCUT2D eigenvalue weighted by Gasteiger charge is -2.10. The third-order valence-corrected chi connectivity index (χ3v) is 3.04. The largest absolute Gasteiger partial charge is 0.239 e. The van der Waals surface area contributed by atoms with Crippen molar-refractivity contribution in [3.05, 3.63) is 0 Å². The molecule has 0 aromatic carbocycles. The van der Waals surface area contributed by atoms with Crippen molar-refractivity contribution in [2.45, 2.75) is 37.4 Å². The highest BCUT2D eigenvalue weighted by molar-refractivity contribution is 9.09. The highest BCUT2D eigenvalue weighted by atomic mass is 79.9. The third-order valence-electron chi connectivity index (χ3n) is 2.15. The van der Waals surface area contributed by atoms with Gasteiger partial charge in [0.1, 0.15) is 13.1 Å². The van der Waals surface area contributed by atoms with Crippen LogP contribution in [-0.2, 0) is 0 Å². The van der Waals surface area contributed by atoms with Crippen LogP contribution in [-0.4, -0.2) is 28.7 Å². The van der Waals surface area contributed by atoms with Gasteiger partial charge in [-0.3, -0.25) is 0 Å². The second-order valence-electron chi connectivity index (χ2n) is 3.17. The molecule has 0 spiro atoms. The smallest absolute Gasteiger partial charge is 0.153 e. The van der Waals surface area contributed by atoms with E-state index in [4.69, 9.17) is 0 Å². The van der Waals surface area contributed by atoms with E-state index >= 15 is 0 Å². The molecule has 0 radical (unpaired) electrons. The van der Waals surface area contributed by atoms with Gasteiger partial charge in [0.2, 0.25) is 0 Å². The van der Waals surface area contributed by atoms with Crippen molar-refractivity contribution >= 4 is 22.1 Å². The Hall–Kier alpha value is 0.150. The number of alkyl halides is 1. The predicted molar refractivity (Wildman–Crippen MR) is 52.9 cm³/mol. The van der Waals surface area contributed by atoms with Crippen molar-refractivity contribution in [3.63, 3.8) is 0 Å². The van der Waals surface area contributed by atoms with Gasteiger partial charge in [-0.05, 0) is 12.8 Å². The van der Waals surface area contributed by atoms with E-state index in [1.165, 1.54) is 38.8 Å². The first-order valence-electron chi connectivity index (χ1n) is 4.56. The van der Waals surface area contributed by atoms with Gasteiger partial charge in [0.05, 0.1) is 4.83 Å². The van der Waals surface area contributed by atoms with Gasteiger partial charge in [-0.25, -0.2) is 4.58 Å². The average molecular weight is 219 g/mol. The molecule has 1 unspecified atom stereocenters. The number of nitrogens with zero attached hydrogens (tertiary/aromatic N) is 1. The molecule has 1 saturated heterocycles. The van der Waals surface area contributed by atoms with Crippen molar-refractivity contribution in [1.29, 1.82) is 0 Å². The molecule has 1 heterocycles. The Balaban J connectivity index is 2.37. The minimum atomic E-state index is 0.584. The summed E-state index contributed by atoms with van der Waals surface area (Å²) in [5, 5.41) is 0. The van der Waals surface area contributed by atoms with E-state index in [-0.39, 0.29) is 0 Å². The van der Waals surface area contributed by atoms with E-state index in [2.05, 4.69) is 33.6 Å². The summed E-state index contributed by atoms with van der Waals surface area (Å²) in [6.45, 7) is 4.74. The second kappa shape index (κ2) is 4.91. The molecule has 0 aromatic rings. The SMILES string of the molecule is CCC(Br)C=[N+]1CCCCC1. The summed E-state index contributed by atoms with van der Waals surface area (Å²) in [6.07, 6.45) is 7.69. The fraction of sp³-hybridized carbons (Fsp3) is 0.889. The molecule has 0 amide bonds. The van der Waals surface area contributed by atoms with E-state index in [0.717, 1.165) is 0 Å². The van der Waals surface area contributed by atoms with Gasteiger partial charge in [-0.2, -0.15) is 0 Å². The van der Waals surface area contributed by atoms with Crippen LogP contribution in [0.3, 0.4) is 0 Å². The molecule has 1 fully saturated rings. The average Bonchev–Trinajstić information content (AvgIpc) is 2.06. The molecule has 0 saturated carbocycles. The molecule has 1 rings (SSSR count). The van der Waals surface area contributed by atoms with Crippen LogP contribution < -0.4 is 0 Å². The Morgan fingerprint density at radius 1 is 1.36 bits per heavy atom. The van der Waals surface area contributed by atoms with Gasteiger partial charge in [0, 0.05) is 12.8 Å². The zero-order chi connectivity index (χ0) is 8.10. The van der Waals surface area contributed by atoms with Crippen molar-refractivity contribution < 1.29 is 4.58 Å². The predicted octanol–water partition coefficient (Wildman–Crippen LogP) is 2.43. The summed E-state index contributed by atoms with van der Waals surface area (Å²) >= 11 is 3.62. The van der Waals surface area contributed by atoms with Crippen molar-refractivity contribution in [1.82, 2.24) is 0 Å². The molecule has 0 aromatic heterocycles. The Morgan fingerprint density at radius 3 is 2.55 bits per heavy atom. The Bertz CT molecular complexity index is 134. The van der Waals surface area contributed by atoms with E-state index < -0.39 is 0 Å². The van der Waals surface area contributed by atoms with Crippen LogP contribution in [0.4, 0.5) is 0 Å². The second-order valence-corrected chi connectivity index (χ2v) is 4.35. The number of hydrogen-bond donors (Lipinski definition) is 0. The van der Waals surface area contributed by atoms with Crippen molar-refractivity contribution in [2.75, 3.05) is 13.1 Å². The summed E-state index contributed by atoms with van der Waals surface area (Å²) in [6, 6.07) is 0. The van der Waals surface area contributed by atoms with E-state index in [9.17, 15) is 0 Å². The zero-order valence-corrected chi connectivity index (χ0v) is 8.81. The van der Waals surface area contributed by atoms with Crippen LogP contribution >= 0.6 is 15.9 Å². The highest BCUT2D eigenvalue weighted by Gasteiger charge is 2.11. The molecule has 2 heteroatoms. The van der Waals surface area contributed by atoms with Crippen molar-refractivity contribution in [3.8, 4) is 0 Å². The lowest BCUT2D eigenvalue weighted by atomic mass is 10.1. The lowest BCUT2D eigenvalue weighted by molar-refractivity contribution is -0.533. The first-order chi connectivity index (χ1) is 5.33. The molecule has 1 nitrogen and oxygen atoms in total. The van der Waals surface area contributed by atoms with Gasteiger partial charge < -0.3 is 0 Å². The van der Waals surface area contributed by atoms with Crippen LogP contribution in [0, 0.1) is 0 Å². The van der Waals surface area contributed by atoms with Crippen molar-refractivity contribution in [2.24, 2.45) is 0 Å². The fourth-order valence-electron chi connectivity index (χ4n) is 1.40. The highest BCUT2D eigenvalue weighted by Crippen LogP contribution is 2.06. The first-order valence-corrected chi connectivity index (χ1v) is 5.47. The topological polar surface area (TPSA) is 3.01 Å². The number of hydrogen-bond acceptors (Lipinski definition) is 0. The summed E-state index contributed by atoms with van der Waals surface area (Å²) in [5.41, 5.74) is 0. The van der Waals surface area contributed by atoms with Crippen LogP contribution in [0.2, 0.25) is 0 Å². The molecule has 11 heavy (non-hydrogen) atoms. The molecule has 1 aliphatic heterocycles. The molecule has 1 atom stereocenters. The Morgan fingerprint density at radius 2 is 2.00 bits per heavy atom. The van der Waals surface area contributed by atoms with Gasteiger partial charge in [-0.1, -0.05) is 22.9 Å². The van der Waals surface area contributed by atoms with Crippen LogP contribution in [0.15, 0.2) is 0 Å². The molecule has 64 valence electrons. The normalized spacial score (nSPS) is 21.5. The van der Waals surface area contributed by atoms with E-state index in [0.29, 0.717) is 4.83 Å². The maximum absolute atomic E-state index is 3.62. The number of halogens is 1. The van der Waals surface area contributed by atoms with Crippen LogP contribution in [0.1, 0.15) is 32.6 Å². The summed E-state index contributed by atoms with van der Waals surface area (Å²) < 4.78 is 2.45. The Labute approximate surface area is 77.6 Å². The Kier molecular flexibility index (Phi) is 4.13. The number of piperidine rings is 1. The van der Waals surface area contributed by atoms with Gasteiger partial charge in [-0.15, -0.1) is 0 Å². The molecule has 0 bridgehead atoms. The quantitative estimate of drug-likeness (QED) is 0.495. The summed E-state index contributed by atoms with van der Waals surface area (Å²) in [5.74, 6) is 0. The zero-order valence-electron chi connectivity index (χ0n) is 7.22. The maximum atomic E-state index is 3.62. The molecule has 0 N–H and O–H groups in total. The standard InChI is InChI=1S/C9H17BrN/c1-2-9(10)8-11-6-4-3-5-7-11/h8-9H,2-7H2,1H3/q+1. The molecular weight excluding hydrogens is 202 g/mol. The van der Waals surface area contributed by atoms with E-state index in [1.54, 1.807) is 0 Å². The lowest BCUT2D eigenvalue weighted by Crippen LogP contribution is -2.23. The maximum Gasteiger partial charge on any atom is 0.153 e. The summed E-state index contributed by atoms with van der Waals surface area (Å²) in [4.78, 5) is 0.584. The van der Waals surface area contributed by atoms with Crippen LogP contribution in [0.5, 0.6) is 0 Å². The number of rotatable bonds is 2. The van der Waals surface area contributed by atoms with Gasteiger partial charge in [0.25, 0.3) is 0 Å². The molecule has 0 aliphatic carbocycles. The molecular formula is C9H17BrN+. The first kappa shape index (κ1) is 9.24. The van der Waals surface area contributed by atoms with Gasteiger partial charge >= 0.3 is 0 Å². The van der Waals surface area contributed by atoms with E-state index in [1.807, 2.05) is 0 Å². The monoisotopic (exact) mass is 218 g/mol. The third kappa shape index (κ3) is 3.37. The van der Waals surface area contributed by atoms with Gasteiger partial charge in [0.15, 0.2) is 6.21 Å².